The highest BCUT2D eigenvalue weighted by atomic mass is 32.2. The second-order valence-electron chi connectivity index (χ2n) is 4.29. The molecule has 1 atom stereocenters. The van der Waals surface area contributed by atoms with Crippen molar-refractivity contribution >= 4 is 40.1 Å². The Morgan fingerprint density at radius 1 is 1.58 bits per heavy atom. The van der Waals surface area contributed by atoms with Crippen LogP contribution in [0, 0.1) is 5.92 Å². The summed E-state index contributed by atoms with van der Waals surface area (Å²) in [7, 11) is 1.98. The van der Waals surface area contributed by atoms with E-state index in [2.05, 4.69) is 20.4 Å². The average Bonchev–Trinajstić information content (AvgIpc) is 2.95. The molecule has 2 N–H and O–H groups in total. The fourth-order valence-electron chi connectivity index (χ4n) is 1.80. The predicted octanol–water partition coefficient (Wildman–Crippen LogP) is 0.605. The first kappa shape index (κ1) is 14.2. The lowest BCUT2D eigenvalue weighted by molar-refractivity contribution is -0.133. The number of carboxylic acid groups (broad SMARTS) is 1. The molecule has 0 saturated carbocycles. The van der Waals surface area contributed by atoms with Crippen molar-refractivity contribution in [2.45, 2.75) is 10.8 Å². The third kappa shape index (κ3) is 4.15. The second-order valence-corrected chi connectivity index (χ2v) is 6.49. The summed E-state index contributed by atoms with van der Waals surface area (Å²) in [6, 6.07) is 0. The number of amides is 1. The van der Waals surface area contributed by atoms with E-state index in [1.165, 1.54) is 11.3 Å². The first-order chi connectivity index (χ1) is 9.04. The number of carbonyl (C=O) groups excluding carboxylic acids is 1. The first-order valence-electron chi connectivity index (χ1n) is 5.72. The molecule has 1 amide bonds. The largest absolute Gasteiger partial charge is 0.481 e. The van der Waals surface area contributed by atoms with E-state index in [1.54, 1.807) is 0 Å². The Labute approximate surface area is 118 Å². The van der Waals surface area contributed by atoms with E-state index in [0.717, 1.165) is 31.3 Å². The Morgan fingerprint density at radius 3 is 3.00 bits per heavy atom. The minimum Gasteiger partial charge on any atom is -0.481 e. The molecular weight excluding hydrogens is 288 g/mol. The number of likely N-dealkylation sites (tertiary alicyclic amines) is 1. The van der Waals surface area contributed by atoms with Gasteiger partial charge in [-0.1, -0.05) is 23.1 Å². The zero-order valence-corrected chi connectivity index (χ0v) is 12.0. The van der Waals surface area contributed by atoms with E-state index in [0.29, 0.717) is 9.47 Å². The molecule has 1 fully saturated rings. The van der Waals surface area contributed by atoms with Gasteiger partial charge in [0.05, 0.1) is 11.7 Å². The average molecular weight is 302 g/mol. The Bertz CT molecular complexity index is 479. The van der Waals surface area contributed by atoms with Crippen LogP contribution < -0.4 is 5.32 Å². The Balaban J connectivity index is 1.85. The number of carbonyl (C=O) groups is 2. The van der Waals surface area contributed by atoms with E-state index in [-0.39, 0.29) is 17.6 Å². The van der Waals surface area contributed by atoms with Crippen LogP contribution in [-0.2, 0) is 9.59 Å². The van der Waals surface area contributed by atoms with Crippen LogP contribution in [0.25, 0.3) is 0 Å². The minimum atomic E-state index is -0.903. The van der Waals surface area contributed by atoms with Crippen molar-refractivity contribution in [2.24, 2.45) is 5.92 Å². The quantitative estimate of drug-likeness (QED) is 0.607. The summed E-state index contributed by atoms with van der Waals surface area (Å²) in [6.07, 6.45) is 0.849. The Hall–Kier alpha value is -1.19. The van der Waals surface area contributed by atoms with Crippen molar-refractivity contribution < 1.29 is 14.7 Å². The number of rotatable bonds is 5. The molecule has 1 aromatic heterocycles. The van der Waals surface area contributed by atoms with Crippen LogP contribution in [0.15, 0.2) is 4.34 Å². The molecule has 1 saturated heterocycles. The summed E-state index contributed by atoms with van der Waals surface area (Å²) in [5.74, 6) is -1.02. The Kier molecular flexibility index (Phi) is 4.72. The van der Waals surface area contributed by atoms with E-state index in [1.807, 2.05) is 7.05 Å². The number of thioether (sulfide) groups is 1. The highest BCUT2D eigenvalue weighted by molar-refractivity contribution is 8.01. The van der Waals surface area contributed by atoms with Gasteiger partial charge in [0.2, 0.25) is 11.0 Å². The summed E-state index contributed by atoms with van der Waals surface area (Å²) in [5, 5.41) is 19.4. The molecule has 9 heteroatoms. The molecule has 7 nitrogen and oxygen atoms in total. The molecule has 0 aliphatic carbocycles. The number of nitrogens with zero attached hydrogens (tertiary/aromatic N) is 3. The topological polar surface area (TPSA) is 95.4 Å². The normalized spacial score (nSPS) is 19.5. The minimum absolute atomic E-state index is 0.0102. The van der Waals surface area contributed by atoms with Crippen LogP contribution in [0.3, 0.4) is 0 Å². The number of nitrogens with one attached hydrogen (secondary N) is 1. The third-order valence-electron chi connectivity index (χ3n) is 2.72. The first-order valence-corrected chi connectivity index (χ1v) is 7.52. The van der Waals surface area contributed by atoms with Crippen LogP contribution in [0.2, 0.25) is 0 Å². The van der Waals surface area contributed by atoms with E-state index < -0.39 is 5.97 Å². The van der Waals surface area contributed by atoms with Gasteiger partial charge in [-0.25, -0.2) is 0 Å². The molecule has 0 radical (unpaired) electrons. The van der Waals surface area contributed by atoms with Crippen molar-refractivity contribution in [2.75, 3.05) is 31.2 Å². The van der Waals surface area contributed by atoms with Crippen molar-refractivity contribution in [3.05, 3.63) is 0 Å². The number of carboxylic acids is 1. The fraction of sp³-hybridized carbons (Fsp3) is 0.600. The molecule has 1 aliphatic rings. The lowest BCUT2D eigenvalue weighted by Crippen LogP contribution is -2.25. The standard InChI is InChI=1S/C10H14N4O3S2/c1-14-3-2-6(4-14)8(17)11-9-12-13-10(19-9)18-5-7(15)16/h6H,2-5H2,1H3,(H,15,16)(H,11,12,17). The van der Waals surface area contributed by atoms with Crippen LogP contribution >= 0.6 is 23.1 Å². The van der Waals surface area contributed by atoms with Gasteiger partial charge in [-0.2, -0.15) is 0 Å². The molecule has 19 heavy (non-hydrogen) atoms. The summed E-state index contributed by atoms with van der Waals surface area (Å²) < 4.78 is 0.543. The van der Waals surface area contributed by atoms with E-state index in [4.69, 9.17) is 5.11 Å². The number of aliphatic carboxylic acids is 1. The third-order valence-corrected chi connectivity index (χ3v) is 4.67. The van der Waals surface area contributed by atoms with Gasteiger partial charge < -0.3 is 15.3 Å². The van der Waals surface area contributed by atoms with Gasteiger partial charge in [0.15, 0.2) is 4.34 Å². The van der Waals surface area contributed by atoms with Crippen LogP contribution in [0.5, 0.6) is 0 Å². The van der Waals surface area contributed by atoms with Gasteiger partial charge in [0.1, 0.15) is 0 Å². The zero-order chi connectivity index (χ0) is 13.8. The lowest BCUT2D eigenvalue weighted by Gasteiger charge is -2.08. The molecule has 0 aromatic carbocycles. The highest BCUT2D eigenvalue weighted by Crippen LogP contribution is 2.26. The zero-order valence-electron chi connectivity index (χ0n) is 10.3. The maximum absolute atomic E-state index is 11.9. The number of hydrogen-bond acceptors (Lipinski definition) is 7. The SMILES string of the molecule is CN1CCC(C(=O)Nc2nnc(SCC(=O)O)s2)C1. The summed E-state index contributed by atoms with van der Waals surface area (Å²) in [6.45, 7) is 1.68. The molecule has 0 bridgehead atoms. The Morgan fingerprint density at radius 2 is 2.37 bits per heavy atom. The van der Waals surface area contributed by atoms with Gasteiger partial charge in [-0.3, -0.25) is 9.59 Å². The number of hydrogen-bond donors (Lipinski definition) is 2. The monoisotopic (exact) mass is 302 g/mol. The van der Waals surface area contributed by atoms with Gasteiger partial charge in [0.25, 0.3) is 0 Å². The molecule has 1 unspecified atom stereocenters. The van der Waals surface area contributed by atoms with E-state index in [9.17, 15) is 9.59 Å². The molecule has 2 heterocycles. The van der Waals surface area contributed by atoms with Crippen molar-refractivity contribution in [1.29, 1.82) is 0 Å². The molecule has 1 aliphatic heterocycles. The van der Waals surface area contributed by atoms with Crippen LogP contribution in [0.4, 0.5) is 5.13 Å². The van der Waals surface area contributed by atoms with Crippen LogP contribution in [0.1, 0.15) is 6.42 Å². The number of anilines is 1. The maximum atomic E-state index is 11.9. The molecule has 0 spiro atoms. The summed E-state index contributed by atoms with van der Waals surface area (Å²) >= 11 is 2.29. The lowest BCUT2D eigenvalue weighted by atomic mass is 10.1. The fourth-order valence-corrected chi connectivity index (χ4v) is 3.27. The summed E-state index contributed by atoms with van der Waals surface area (Å²) in [5.41, 5.74) is 0. The van der Waals surface area contributed by atoms with Gasteiger partial charge >= 0.3 is 5.97 Å². The molecule has 2 rings (SSSR count). The van der Waals surface area contributed by atoms with Crippen molar-refractivity contribution in [3.63, 3.8) is 0 Å². The second kappa shape index (κ2) is 6.31. The summed E-state index contributed by atoms with van der Waals surface area (Å²) in [4.78, 5) is 24.5. The highest BCUT2D eigenvalue weighted by Gasteiger charge is 2.26. The smallest absolute Gasteiger partial charge is 0.313 e. The van der Waals surface area contributed by atoms with Crippen LogP contribution in [-0.4, -0.2) is 58.0 Å². The van der Waals surface area contributed by atoms with E-state index >= 15 is 0 Å². The van der Waals surface area contributed by atoms with Crippen molar-refractivity contribution in [1.82, 2.24) is 15.1 Å². The number of aromatic nitrogens is 2. The molecular formula is C10H14N4O3S2. The predicted molar refractivity (Wildman–Crippen MR) is 72.5 cm³/mol. The molecule has 1 aromatic rings. The van der Waals surface area contributed by atoms with Crippen molar-refractivity contribution in [3.8, 4) is 0 Å². The maximum Gasteiger partial charge on any atom is 0.313 e. The van der Waals surface area contributed by atoms with Gasteiger partial charge in [-0.15, -0.1) is 10.2 Å². The van der Waals surface area contributed by atoms with Gasteiger partial charge in [0, 0.05) is 6.54 Å². The van der Waals surface area contributed by atoms with Gasteiger partial charge in [-0.05, 0) is 20.0 Å². The molecule has 104 valence electrons.